The minimum Gasteiger partial charge on any atom is -0.391 e. The van der Waals surface area contributed by atoms with Gasteiger partial charge in [0.15, 0.2) is 0 Å². The molecule has 0 bridgehead atoms. The molecule has 0 saturated heterocycles. The maximum atomic E-state index is 9.01. The van der Waals surface area contributed by atoms with Gasteiger partial charge in [0.05, 0.1) is 11.5 Å². The SMILES string of the molecule is Cc1cccc(C)c1-c1ncc(CO)s1. The van der Waals surface area contributed by atoms with E-state index in [4.69, 9.17) is 5.11 Å². The fourth-order valence-corrected chi connectivity index (χ4v) is 2.60. The van der Waals surface area contributed by atoms with Gasteiger partial charge < -0.3 is 5.11 Å². The number of nitrogens with zero attached hydrogens (tertiary/aromatic N) is 1. The summed E-state index contributed by atoms with van der Waals surface area (Å²) in [5, 5.41) is 10.0. The van der Waals surface area contributed by atoms with Crippen LogP contribution in [0.4, 0.5) is 0 Å². The molecule has 1 aromatic carbocycles. The number of benzene rings is 1. The van der Waals surface area contributed by atoms with Gasteiger partial charge >= 0.3 is 0 Å². The molecule has 2 rings (SSSR count). The molecule has 1 heterocycles. The number of aliphatic hydroxyl groups excluding tert-OH is 1. The minimum absolute atomic E-state index is 0.0720. The highest BCUT2D eigenvalue weighted by Crippen LogP contribution is 2.30. The molecule has 0 aliphatic heterocycles. The Balaban J connectivity index is 2.53. The summed E-state index contributed by atoms with van der Waals surface area (Å²) >= 11 is 1.55. The van der Waals surface area contributed by atoms with Gasteiger partial charge in [-0.3, -0.25) is 0 Å². The van der Waals surface area contributed by atoms with E-state index in [1.54, 1.807) is 17.5 Å². The van der Waals surface area contributed by atoms with Crippen molar-refractivity contribution in [2.75, 3.05) is 0 Å². The van der Waals surface area contributed by atoms with Crippen LogP contribution in [0.3, 0.4) is 0 Å². The first-order chi connectivity index (χ1) is 7.22. The van der Waals surface area contributed by atoms with Crippen LogP contribution in [0.2, 0.25) is 0 Å². The van der Waals surface area contributed by atoms with Gasteiger partial charge in [-0.15, -0.1) is 11.3 Å². The van der Waals surface area contributed by atoms with Gasteiger partial charge in [0.2, 0.25) is 0 Å². The number of aromatic nitrogens is 1. The minimum atomic E-state index is 0.0720. The van der Waals surface area contributed by atoms with Gasteiger partial charge in [0.1, 0.15) is 5.01 Å². The third-order valence-corrected chi connectivity index (χ3v) is 3.40. The zero-order chi connectivity index (χ0) is 10.8. The zero-order valence-electron chi connectivity index (χ0n) is 8.82. The molecule has 0 unspecified atom stereocenters. The molecule has 3 heteroatoms. The van der Waals surface area contributed by atoms with Crippen LogP contribution in [0.25, 0.3) is 10.6 Å². The fraction of sp³-hybridized carbons (Fsp3) is 0.250. The smallest absolute Gasteiger partial charge is 0.124 e. The van der Waals surface area contributed by atoms with Crippen molar-refractivity contribution in [1.29, 1.82) is 0 Å². The van der Waals surface area contributed by atoms with E-state index in [-0.39, 0.29) is 6.61 Å². The Morgan fingerprint density at radius 3 is 2.47 bits per heavy atom. The average Bonchev–Trinajstić information content (AvgIpc) is 2.66. The number of aliphatic hydroxyl groups is 1. The van der Waals surface area contributed by atoms with Crippen LogP contribution >= 0.6 is 11.3 Å². The summed E-state index contributed by atoms with van der Waals surface area (Å²) in [6, 6.07) is 6.22. The van der Waals surface area contributed by atoms with Gasteiger partial charge in [0.25, 0.3) is 0 Å². The first kappa shape index (κ1) is 10.3. The summed E-state index contributed by atoms with van der Waals surface area (Å²) in [4.78, 5) is 5.25. The monoisotopic (exact) mass is 219 g/mol. The summed E-state index contributed by atoms with van der Waals surface area (Å²) in [6.45, 7) is 4.24. The topological polar surface area (TPSA) is 33.1 Å². The van der Waals surface area contributed by atoms with E-state index in [1.807, 2.05) is 0 Å². The highest BCUT2D eigenvalue weighted by atomic mass is 32.1. The summed E-state index contributed by atoms with van der Waals surface area (Å²) in [6.07, 6.45) is 1.74. The lowest BCUT2D eigenvalue weighted by molar-refractivity contribution is 0.285. The molecule has 0 atom stereocenters. The van der Waals surface area contributed by atoms with Crippen molar-refractivity contribution in [2.45, 2.75) is 20.5 Å². The van der Waals surface area contributed by atoms with Crippen molar-refractivity contribution < 1.29 is 5.11 Å². The van der Waals surface area contributed by atoms with Crippen molar-refractivity contribution in [3.8, 4) is 10.6 Å². The largest absolute Gasteiger partial charge is 0.391 e. The Morgan fingerprint density at radius 1 is 1.27 bits per heavy atom. The molecule has 0 aliphatic rings. The lowest BCUT2D eigenvalue weighted by Gasteiger charge is -2.05. The van der Waals surface area contributed by atoms with Crippen LogP contribution in [0.5, 0.6) is 0 Å². The Bertz CT molecular complexity index is 456. The van der Waals surface area contributed by atoms with Crippen LogP contribution in [0.1, 0.15) is 16.0 Å². The van der Waals surface area contributed by atoms with Crippen LogP contribution in [0, 0.1) is 13.8 Å². The lowest BCUT2D eigenvalue weighted by Crippen LogP contribution is -1.85. The zero-order valence-corrected chi connectivity index (χ0v) is 9.64. The van der Waals surface area contributed by atoms with E-state index >= 15 is 0 Å². The lowest BCUT2D eigenvalue weighted by atomic mass is 10.0. The predicted octanol–water partition coefficient (Wildman–Crippen LogP) is 2.92. The predicted molar refractivity (Wildman–Crippen MR) is 62.9 cm³/mol. The third kappa shape index (κ3) is 1.94. The highest BCUT2D eigenvalue weighted by molar-refractivity contribution is 7.15. The van der Waals surface area contributed by atoms with E-state index in [2.05, 4.69) is 37.0 Å². The first-order valence-corrected chi connectivity index (χ1v) is 5.66. The first-order valence-electron chi connectivity index (χ1n) is 4.84. The number of hydrogen-bond donors (Lipinski definition) is 1. The maximum absolute atomic E-state index is 9.01. The fourth-order valence-electron chi connectivity index (χ4n) is 1.65. The van der Waals surface area contributed by atoms with Crippen molar-refractivity contribution in [3.63, 3.8) is 0 Å². The quantitative estimate of drug-likeness (QED) is 0.842. The number of thiazole rings is 1. The molecular formula is C12H13NOS. The molecule has 1 aromatic heterocycles. The number of rotatable bonds is 2. The van der Waals surface area contributed by atoms with Crippen molar-refractivity contribution >= 4 is 11.3 Å². The Kier molecular flexibility index (Phi) is 2.84. The van der Waals surface area contributed by atoms with Gasteiger partial charge in [-0.05, 0) is 25.0 Å². The average molecular weight is 219 g/mol. The van der Waals surface area contributed by atoms with Crippen LogP contribution in [-0.2, 0) is 6.61 Å². The summed E-state index contributed by atoms with van der Waals surface area (Å²) < 4.78 is 0. The van der Waals surface area contributed by atoms with Gasteiger partial charge in [-0.25, -0.2) is 4.98 Å². The molecule has 78 valence electrons. The van der Waals surface area contributed by atoms with Crippen LogP contribution < -0.4 is 0 Å². The standard InChI is InChI=1S/C12H13NOS/c1-8-4-3-5-9(2)11(8)12-13-6-10(7-14)15-12/h3-6,14H,7H2,1-2H3. The summed E-state index contributed by atoms with van der Waals surface area (Å²) in [5.41, 5.74) is 3.66. The Morgan fingerprint density at radius 2 is 1.93 bits per heavy atom. The molecule has 2 nitrogen and oxygen atoms in total. The molecular weight excluding hydrogens is 206 g/mol. The second kappa shape index (κ2) is 4.13. The molecule has 0 fully saturated rings. The van der Waals surface area contributed by atoms with E-state index < -0.39 is 0 Å². The Labute approximate surface area is 93.2 Å². The molecule has 0 spiro atoms. The maximum Gasteiger partial charge on any atom is 0.124 e. The van der Waals surface area contributed by atoms with Gasteiger partial charge in [0, 0.05) is 11.8 Å². The molecule has 15 heavy (non-hydrogen) atoms. The molecule has 0 saturated carbocycles. The molecule has 2 aromatic rings. The van der Waals surface area contributed by atoms with E-state index in [0.29, 0.717) is 0 Å². The van der Waals surface area contributed by atoms with Gasteiger partial charge in [-0.1, -0.05) is 18.2 Å². The summed E-state index contributed by atoms with van der Waals surface area (Å²) in [5.74, 6) is 0. The van der Waals surface area contributed by atoms with Crippen molar-refractivity contribution in [3.05, 3.63) is 40.4 Å². The summed E-state index contributed by atoms with van der Waals surface area (Å²) in [7, 11) is 0. The second-order valence-corrected chi connectivity index (χ2v) is 4.67. The number of aryl methyl sites for hydroxylation is 2. The van der Waals surface area contributed by atoms with E-state index in [1.165, 1.54) is 16.7 Å². The van der Waals surface area contributed by atoms with Gasteiger partial charge in [-0.2, -0.15) is 0 Å². The Hall–Kier alpha value is -1.19. The molecule has 0 radical (unpaired) electrons. The van der Waals surface area contributed by atoms with Crippen LogP contribution in [0.15, 0.2) is 24.4 Å². The highest BCUT2D eigenvalue weighted by Gasteiger charge is 2.09. The molecule has 0 aliphatic carbocycles. The van der Waals surface area contributed by atoms with Crippen LogP contribution in [-0.4, -0.2) is 10.1 Å². The molecule has 1 N–H and O–H groups in total. The van der Waals surface area contributed by atoms with E-state index in [0.717, 1.165) is 9.88 Å². The van der Waals surface area contributed by atoms with Crippen molar-refractivity contribution in [1.82, 2.24) is 4.98 Å². The normalized spacial score (nSPS) is 10.6. The second-order valence-electron chi connectivity index (χ2n) is 3.56. The van der Waals surface area contributed by atoms with Crippen molar-refractivity contribution in [2.24, 2.45) is 0 Å². The number of hydrogen-bond acceptors (Lipinski definition) is 3. The van der Waals surface area contributed by atoms with E-state index in [9.17, 15) is 0 Å². The third-order valence-electron chi connectivity index (χ3n) is 2.40. The molecule has 0 amide bonds.